The number of halogens is 1. The molecule has 2 heterocycles. The fraction of sp³-hybridized carbons (Fsp3) is 0.200. The average Bonchev–Trinajstić information content (AvgIpc) is 2.87. The molecular weight excluding hydrogens is 291 g/mol. The maximum Gasteiger partial charge on any atom is 0.151 e. The quantitative estimate of drug-likeness (QED) is 0.733. The van der Waals surface area contributed by atoms with Gasteiger partial charge < -0.3 is 14.1 Å². The average molecular weight is 304 g/mol. The van der Waals surface area contributed by atoms with E-state index in [-0.39, 0.29) is 5.82 Å². The molecule has 0 amide bonds. The number of hydrogen-bond donors (Lipinski definition) is 1. The zero-order valence-corrected chi connectivity index (χ0v) is 12.2. The third-order valence-electron chi connectivity index (χ3n) is 2.98. The van der Waals surface area contributed by atoms with E-state index in [0.717, 1.165) is 0 Å². The molecule has 1 aromatic carbocycles. The number of aromatic amines is 1. The van der Waals surface area contributed by atoms with E-state index < -0.39 is 0 Å². The maximum absolute atomic E-state index is 13.2. The molecule has 6 heteroatoms. The van der Waals surface area contributed by atoms with E-state index in [1.165, 1.54) is 12.1 Å². The number of rotatable bonds is 4. The summed E-state index contributed by atoms with van der Waals surface area (Å²) in [5.74, 6) is 0.919. The Bertz CT molecular complexity index is 841. The van der Waals surface area contributed by atoms with E-state index in [4.69, 9.17) is 21.4 Å². The molecule has 0 unspecified atom stereocenters. The Morgan fingerprint density at radius 1 is 1.33 bits per heavy atom. The molecule has 21 heavy (non-hydrogen) atoms. The number of H-pyrrole nitrogens is 1. The van der Waals surface area contributed by atoms with Crippen molar-refractivity contribution in [1.29, 1.82) is 0 Å². The highest BCUT2D eigenvalue weighted by Crippen LogP contribution is 2.27. The summed E-state index contributed by atoms with van der Waals surface area (Å²) in [6.07, 6.45) is 0. The first-order chi connectivity index (χ1) is 10.2. The lowest BCUT2D eigenvalue weighted by atomic mass is 10.2. The monoisotopic (exact) mass is 304 g/mol. The number of nitrogens with zero attached hydrogens (tertiary/aromatic N) is 1. The summed E-state index contributed by atoms with van der Waals surface area (Å²) in [5.41, 5.74) is 1.32. The van der Waals surface area contributed by atoms with E-state index in [1.54, 1.807) is 18.2 Å². The molecule has 0 aliphatic heterocycles. The molecule has 0 atom stereocenters. The van der Waals surface area contributed by atoms with Crippen LogP contribution < -0.4 is 0 Å². The van der Waals surface area contributed by atoms with Crippen LogP contribution >= 0.6 is 12.2 Å². The maximum atomic E-state index is 13.2. The predicted octanol–water partition coefficient (Wildman–Crippen LogP) is 4.23. The summed E-state index contributed by atoms with van der Waals surface area (Å²) in [7, 11) is 0. The van der Waals surface area contributed by atoms with Crippen molar-refractivity contribution in [2.75, 3.05) is 6.61 Å². The number of ether oxygens (including phenoxy) is 1. The van der Waals surface area contributed by atoms with Gasteiger partial charge in [0.1, 0.15) is 28.5 Å². The van der Waals surface area contributed by atoms with Gasteiger partial charge in [0.05, 0.1) is 5.69 Å². The Morgan fingerprint density at radius 3 is 3.00 bits per heavy atom. The zero-order chi connectivity index (χ0) is 14.8. The van der Waals surface area contributed by atoms with Crippen LogP contribution in [0, 0.1) is 10.5 Å². The molecule has 0 bridgehead atoms. The minimum absolute atomic E-state index is 0.297. The van der Waals surface area contributed by atoms with Crippen molar-refractivity contribution < 1.29 is 13.5 Å². The Labute approximate surface area is 125 Å². The molecule has 0 radical (unpaired) electrons. The molecule has 0 saturated carbocycles. The number of fused-ring (bicyclic) bond motifs is 1. The summed E-state index contributed by atoms with van der Waals surface area (Å²) in [6.45, 7) is 2.85. The van der Waals surface area contributed by atoms with Gasteiger partial charge in [-0.2, -0.15) is 0 Å². The Morgan fingerprint density at radius 2 is 2.19 bits per heavy atom. The summed E-state index contributed by atoms with van der Waals surface area (Å²) in [4.78, 5) is 7.32. The molecule has 2 aromatic heterocycles. The largest absolute Gasteiger partial charge is 0.455 e. The van der Waals surface area contributed by atoms with Gasteiger partial charge in [-0.15, -0.1) is 0 Å². The van der Waals surface area contributed by atoms with Crippen LogP contribution in [0.1, 0.15) is 12.7 Å². The van der Waals surface area contributed by atoms with E-state index >= 15 is 0 Å². The second-order valence-electron chi connectivity index (χ2n) is 4.51. The molecule has 1 N–H and O–H groups in total. The van der Waals surface area contributed by atoms with Crippen LogP contribution in [0.15, 0.2) is 34.7 Å². The van der Waals surface area contributed by atoms with Gasteiger partial charge >= 0.3 is 0 Å². The molecule has 0 aliphatic rings. The van der Waals surface area contributed by atoms with E-state index in [9.17, 15) is 4.39 Å². The second-order valence-corrected chi connectivity index (χ2v) is 4.93. The number of furan rings is 1. The Hall–Kier alpha value is -2.05. The third-order valence-corrected chi connectivity index (χ3v) is 3.19. The van der Waals surface area contributed by atoms with Gasteiger partial charge in [-0.25, -0.2) is 9.37 Å². The van der Waals surface area contributed by atoms with Crippen molar-refractivity contribution in [3.63, 3.8) is 0 Å². The number of aromatic nitrogens is 2. The van der Waals surface area contributed by atoms with Crippen LogP contribution in [0.2, 0.25) is 0 Å². The normalized spacial score (nSPS) is 11.1. The topological polar surface area (TPSA) is 51.1 Å². The van der Waals surface area contributed by atoms with Gasteiger partial charge in [-0.3, -0.25) is 0 Å². The molecule has 3 rings (SSSR count). The zero-order valence-electron chi connectivity index (χ0n) is 11.4. The van der Waals surface area contributed by atoms with Crippen molar-refractivity contribution in [2.45, 2.75) is 13.5 Å². The molecule has 3 aromatic rings. The minimum atomic E-state index is -0.297. The first-order valence-electron chi connectivity index (χ1n) is 6.53. The van der Waals surface area contributed by atoms with Gasteiger partial charge in [-0.05, 0) is 31.2 Å². The van der Waals surface area contributed by atoms with Gasteiger partial charge in [0.2, 0.25) is 0 Å². The molecule has 0 fully saturated rings. The molecule has 0 spiro atoms. The molecular formula is C15H13FN2O2S. The Balaban J connectivity index is 2.04. The lowest BCUT2D eigenvalue weighted by molar-refractivity contribution is 0.128. The fourth-order valence-corrected chi connectivity index (χ4v) is 2.28. The highest BCUT2D eigenvalue weighted by molar-refractivity contribution is 7.71. The predicted molar refractivity (Wildman–Crippen MR) is 79.9 cm³/mol. The van der Waals surface area contributed by atoms with Crippen LogP contribution in [0.4, 0.5) is 4.39 Å². The first-order valence-corrected chi connectivity index (χ1v) is 6.94. The van der Waals surface area contributed by atoms with E-state index in [2.05, 4.69) is 9.97 Å². The van der Waals surface area contributed by atoms with E-state index in [0.29, 0.717) is 46.1 Å². The van der Waals surface area contributed by atoms with Crippen LogP contribution in [0.25, 0.3) is 22.4 Å². The summed E-state index contributed by atoms with van der Waals surface area (Å²) >= 11 is 5.15. The first kappa shape index (κ1) is 13.9. The van der Waals surface area contributed by atoms with E-state index in [1.807, 2.05) is 6.92 Å². The van der Waals surface area contributed by atoms with Gasteiger partial charge in [0.15, 0.2) is 5.76 Å². The highest BCUT2D eigenvalue weighted by Gasteiger charge is 2.09. The second kappa shape index (κ2) is 5.75. The number of hydrogen-bond acceptors (Lipinski definition) is 4. The number of nitrogens with one attached hydrogen (secondary N) is 1. The highest BCUT2D eigenvalue weighted by atomic mass is 32.1. The smallest absolute Gasteiger partial charge is 0.151 e. The fourth-order valence-electron chi connectivity index (χ4n) is 2.06. The van der Waals surface area contributed by atoms with Crippen LogP contribution in [0.5, 0.6) is 0 Å². The summed E-state index contributed by atoms with van der Waals surface area (Å²) < 4.78 is 24.7. The Kier molecular flexibility index (Phi) is 3.81. The molecule has 0 aliphatic carbocycles. The van der Waals surface area contributed by atoms with Crippen molar-refractivity contribution in [2.24, 2.45) is 0 Å². The van der Waals surface area contributed by atoms with Crippen molar-refractivity contribution in [3.05, 3.63) is 46.6 Å². The van der Waals surface area contributed by atoms with Crippen LogP contribution in [0.3, 0.4) is 0 Å². The summed E-state index contributed by atoms with van der Waals surface area (Å²) in [5, 5.41) is 0.701. The number of benzene rings is 1. The van der Waals surface area contributed by atoms with Crippen molar-refractivity contribution >= 4 is 23.2 Å². The lowest BCUT2D eigenvalue weighted by Crippen LogP contribution is -2.00. The van der Waals surface area contributed by atoms with Crippen molar-refractivity contribution in [3.8, 4) is 11.5 Å². The van der Waals surface area contributed by atoms with Crippen LogP contribution in [-0.4, -0.2) is 16.6 Å². The van der Waals surface area contributed by atoms with Gasteiger partial charge in [0, 0.05) is 18.1 Å². The van der Waals surface area contributed by atoms with Crippen LogP contribution in [-0.2, 0) is 11.3 Å². The van der Waals surface area contributed by atoms with Crippen molar-refractivity contribution in [1.82, 2.24) is 9.97 Å². The lowest BCUT2D eigenvalue weighted by Gasteiger charge is -2.03. The van der Waals surface area contributed by atoms with Gasteiger partial charge in [-0.1, -0.05) is 12.2 Å². The molecule has 0 saturated heterocycles. The molecule has 108 valence electrons. The standard InChI is InChI=1S/C15H13FN2O2S/c1-2-19-8-14-17-11(7-15(21)18-14)13-6-9-5-10(16)3-4-12(9)20-13/h3-7H,2,8H2,1H3,(H,17,18,21). The minimum Gasteiger partial charge on any atom is -0.455 e. The molecule has 4 nitrogen and oxygen atoms in total. The van der Waals surface area contributed by atoms with Gasteiger partial charge in [0.25, 0.3) is 0 Å². The third kappa shape index (κ3) is 3.01. The SMILES string of the molecule is CCOCc1nc(=S)cc(-c2cc3cc(F)ccc3o2)[nH]1. The summed E-state index contributed by atoms with van der Waals surface area (Å²) in [6, 6.07) is 7.87.